The molecule has 4 nitrogen and oxygen atoms in total. The molecule has 0 fully saturated rings. The molecule has 1 aliphatic heterocycles. The van der Waals surface area contributed by atoms with Crippen molar-refractivity contribution in [3.8, 4) is 0 Å². The maximum absolute atomic E-state index is 4.32. The van der Waals surface area contributed by atoms with Gasteiger partial charge in [-0.05, 0) is 30.5 Å². The second-order valence-electron chi connectivity index (χ2n) is 6.21. The van der Waals surface area contributed by atoms with Crippen LogP contribution in [0.5, 0.6) is 0 Å². The van der Waals surface area contributed by atoms with Gasteiger partial charge in [0.15, 0.2) is 5.96 Å². The van der Waals surface area contributed by atoms with Gasteiger partial charge in [0.05, 0.1) is 0 Å². The van der Waals surface area contributed by atoms with E-state index >= 15 is 0 Å². The van der Waals surface area contributed by atoms with E-state index in [9.17, 15) is 0 Å². The summed E-state index contributed by atoms with van der Waals surface area (Å²) < 4.78 is 0. The first-order valence-electron chi connectivity index (χ1n) is 8.61. The number of guanidine groups is 1. The van der Waals surface area contributed by atoms with Gasteiger partial charge in [-0.3, -0.25) is 4.99 Å². The second-order valence-corrected chi connectivity index (χ2v) is 6.21. The van der Waals surface area contributed by atoms with Crippen molar-refractivity contribution in [2.24, 2.45) is 4.99 Å². The molecule has 3 rings (SSSR count). The molecule has 2 aromatic rings. The number of fused-ring (bicyclic) bond motifs is 1. The summed E-state index contributed by atoms with van der Waals surface area (Å²) in [5.74, 6) is 0.846. The highest BCUT2D eigenvalue weighted by Crippen LogP contribution is 2.28. The SMILES string of the molecule is CN=C(NCc1ccccc1)NCC(C)N1CCc2ccccc21. The predicted octanol–water partition coefficient (Wildman–Crippen LogP) is 2.80. The van der Waals surface area contributed by atoms with E-state index in [1.54, 1.807) is 0 Å². The molecule has 1 heterocycles. The second kappa shape index (κ2) is 7.86. The topological polar surface area (TPSA) is 39.7 Å². The molecule has 4 heteroatoms. The lowest BCUT2D eigenvalue weighted by atomic mass is 10.2. The van der Waals surface area contributed by atoms with Gasteiger partial charge in [0.1, 0.15) is 0 Å². The Labute approximate surface area is 144 Å². The molecule has 1 atom stereocenters. The summed E-state index contributed by atoms with van der Waals surface area (Å²) in [5.41, 5.74) is 4.08. The molecule has 0 spiro atoms. The molecule has 0 aliphatic carbocycles. The lowest BCUT2D eigenvalue weighted by molar-refractivity contribution is 0.625. The van der Waals surface area contributed by atoms with Crippen LogP contribution in [0.1, 0.15) is 18.1 Å². The Hall–Kier alpha value is -2.49. The molecule has 0 bridgehead atoms. The maximum Gasteiger partial charge on any atom is 0.191 e. The van der Waals surface area contributed by atoms with Crippen LogP contribution in [0.15, 0.2) is 59.6 Å². The zero-order valence-electron chi connectivity index (χ0n) is 14.5. The molecule has 0 radical (unpaired) electrons. The van der Waals surface area contributed by atoms with Gasteiger partial charge in [-0.25, -0.2) is 0 Å². The average molecular weight is 322 g/mol. The van der Waals surface area contributed by atoms with Crippen LogP contribution in [0, 0.1) is 0 Å². The third-order valence-corrected chi connectivity index (χ3v) is 4.55. The molecular weight excluding hydrogens is 296 g/mol. The Kier molecular flexibility index (Phi) is 5.36. The third kappa shape index (κ3) is 3.88. The Morgan fingerprint density at radius 2 is 1.83 bits per heavy atom. The van der Waals surface area contributed by atoms with Gasteiger partial charge in [0.2, 0.25) is 0 Å². The van der Waals surface area contributed by atoms with Crippen molar-refractivity contribution in [1.82, 2.24) is 10.6 Å². The van der Waals surface area contributed by atoms with Crippen molar-refractivity contribution in [1.29, 1.82) is 0 Å². The monoisotopic (exact) mass is 322 g/mol. The van der Waals surface area contributed by atoms with E-state index < -0.39 is 0 Å². The Balaban J connectivity index is 1.51. The Morgan fingerprint density at radius 1 is 1.08 bits per heavy atom. The quantitative estimate of drug-likeness (QED) is 0.657. The molecule has 2 aromatic carbocycles. The number of nitrogens with zero attached hydrogens (tertiary/aromatic N) is 2. The van der Waals surface area contributed by atoms with Crippen LogP contribution in [0.4, 0.5) is 5.69 Å². The summed E-state index contributed by atoms with van der Waals surface area (Å²) >= 11 is 0. The highest BCUT2D eigenvalue weighted by Gasteiger charge is 2.22. The fourth-order valence-corrected chi connectivity index (χ4v) is 3.18. The van der Waals surface area contributed by atoms with E-state index in [4.69, 9.17) is 0 Å². The van der Waals surface area contributed by atoms with E-state index in [0.717, 1.165) is 32.0 Å². The summed E-state index contributed by atoms with van der Waals surface area (Å²) in [4.78, 5) is 6.80. The number of nitrogens with one attached hydrogen (secondary N) is 2. The number of hydrogen-bond acceptors (Lipinski definition) is 2. The summed E-state index contributed by atoms with van der Waals surface area (Å²) in [6.07, 6.45) is 1.14. The molecule has 0 amide bonds. The standard InChI is InChI=1S/C20H26N4/c1-16(24-13-12-18-10-6-7-11-19(18)24)14-22-20(21-2)23-15-17-8-4-3-5-9-17/h3-11,16H,12-15H2,1-2H3,(H2,21,22,23). The predicted molar refractivity (Wildman–Crippen MR) is 102 cm³/mol. The molecule has 24 heavy (non-hydrogen) atoms. The van der Waals surface area contributed by atoms with E-state index in [2.05, 4.69) is 76.0 Å². The number of aliphatic imine (C=N–C) groups is 1. The molecular formula is C20H26N4. The lowest BCUT2D eigenvalue weighted by Crippen LogP contribution is -2.45. The number of hydrogen-bond donors (Lipinski definition) is 2. The number of anilines is 1. The number of benzene rings is 2. The van der Waals surface area contributed by atoms with Crippen LogP contribution in [-0.2, 0) is 13.0 Å². The third-order valence-electron chi connectivity index (χ3n) is 4.55. The highest BCUT2D eigenvalue weighted by molar-refractivity contribution is 5.79. The minimum absolute atomic E-state index is 0.420. The van der Waals surface area contributed by atoms with Crippen molar-refractivity contribution in [3.05, 3.63) is 65.7 Å². The van der Waals surface area contributed by atoms with Gasteiger partial charge in [-0.2, -0.15) is 0 Å². The summed E-state index contributed by atoms with van der Waals surface area (Å²) in [6.45, 7) is 5.00. The number of para-hydroxylation sites is 1. The molecule has 2 N–H and O–H groups in total. The van der Waals surface area contributed by atoms with Gasteiger partial charge in [-0.1, -0.05) is 48.5 Å². The van der Waals surface area contributed by atoms with Crippen molar-refractivity contribution in [2.45, 2.75) is 25.9 Å². The van der Waals surface area contributed by atoms with Gasteiger partial charge in [-0.15, -0.1) is 0 Å². The largest absolute Gasteiger partial charge is 0.366 e. The van der Waals surface area contributed by atoms with Crippen molar-refractivity contribution >= 4 is 11.6 Å². The van der Waals surface area contributed by atoms with E-state index in [1.807, 2.05) is 13.1 Å². The van der Waals surface area contributed by atoms with Crippen LogP contribution in [0.25, 0.3) is 0 Å². The Morgan fingerprint density at radius 3 is 2.62 bits per heavy atom. The van der Waals surface area contributed by atoms with Crippen LogP contribution < -0.4 is 15.5 Å². The first-order valence-corrected chi connectivity index (χ1v) is 8.61. The highest BCUT2D eigenvalue weighted by atomic mass is 15.2. The van der Waals surface area contributed by atoms with Gasteiger partial charge < -0.3 is 15.5 Å². The van der Waals surface area contributed by atoms with Crippen LogP contribution in [0.2, 0.25) is 0 Å². The molecule has 126 valence electrons. The normalized spacial score (nSPS) is 15.1. The molecule has 1 aliphatic rings. The molecule has 0 aromatic heterocycles. The maximum atomic E-state index is 4.32. The first kappa shape index (κ1) is 16.4. The van der Waals surface area contributed by atoms with Crippen LogP contribution >= 0.6 is 0 Å². The molecule has 1 unspecified atom stereocenters. The zero-order valence-corrected chi connectivity index (χ0v) is 14.5. The van der Waals surface area contributed by atoms with Crippen molar-refractivity contribution in [2.75, 3.05) is 25.0 Å². The van der Waals surface area contributed by atoms with Gasteiger partial charge in [0, 0.05) is 38.4 Å². The van der Waals surface area contributed by atoms with Gasteiger partial charge >= 0.3 is 0 Å². The summed E-state index contributed by atoms with van der Waals surface area (Å²) in [7, 11) is 1.82. The van der Waals surface area contributed by atoms with E-state index in [-0.39, 0.29) is 0 Å². The van der Waals surface area contributed by atoms with Crippen LogP contribution in [-0.4, -0.2) is 32.1 Å². The average Bonchev–Trinajstić information content (AvgIpc) is 3.07. The number of rotatable bonds is 5. The lowest BCUT2D eigenvalue weighted by Gasteiger charge is -2.28. The minimum atomic E-state index is 0.420. The smallest absolute Gasteiger partial charge is 0.191 e. The zero-order chi connectivity index (χ0) is 16.8. The molecule has 0 saturated carbocycles. The fourth-order valence-electron chi connectivity index (χ4n) is 3.18. The first-order chi connectivity index (χ1) is 11.8. The summed E-state index contributed by atoms with van der Waals surface area (Å²) in [5, 5.41) is 6.82. The van der Waals surface area contributed by atoms with Gasteiger partial charge in [0.25, 0.3) is 0 Å². The van der Waals surface area contributed by atoms with Crippen molar-refractivity contribution < 1.29 is 0 Å². The summed E-state index contributed by atoms with van der Waals surface area (Å²) in [6, 6.07) is 19.5. The van der Waals surface area contributed by atoms with Crippen LogP contribution in [0.3, 0.4) is 0 Å². The fraction of sp³-hybridized carbons (Fsp3) is 0.350. The van der Waals surface area contributed by atoms with E-state index in [1.165, 1.54) is 16.8 Å². The van der Waals surface area contributed by atoms with E-state index in [0.29, 0.717) is 6.04 Å². The van der Waals surface area contributed by atoms with Crippen molar-refractivity contribution in [3.63, 3.8) is 0 Å². The Bertz CT molecular complexity index is 681. The minimum Gasteiger partial charge on any atom is -0.366 e. The molecule has 0 saturated heterocycles.